The maximum Gasteiger partial charge on any atom is 0.328 e. The molecule has 1 rings (SSSR count). The maximum atomic E-state index is 10.6. The Morgan fingerprint density at radius 1 is 1.47 bits per heavy atom. The lowest BCUT2D eigenvalue weighted by Crippen LogP contribution is -1.94. The van der Waals surface area contributed by atoms with Crippen LogP contribution in [-0.2, 0) is 4.79 Å². The predicted molar refractivity (Wildman–Crippen MR) is 59.0 cm³/mol. The van der Waals surface area contributed by atoms with Crippen molar-refractivity contribution >= 4 is 11.5 Å². The molecule has 0 aliphatic heterocycles. The van der Waals surface area contributed by atoms with Crippen molar-refractivity contribution in [3.05, 3.63) is 35.4 Å². The molecule has 3 heteroatoms. The van der Waals surface area contributed by atoms with Crippen LogP contribution in [0.25, 0.3) is 5.57 Å². The number of aryl methyl sites for hydroxylation is 1. The van der Waals surface area contributed by atoms with Crippen LogP contribution in [0.3, 0.4) is 0 Å². The largest absolute Gasteiger partial charge is 0.496 e. The minimum absolute atomic E-state index is 0.683. The standard InChI is InChI=1S/C12H14O3/c1-8-4-5-11(15-3)10(6-8)9(2)7-12(13)14/h4-7H,1-3H3,(H,13,14)/b9-7+. The van der Waals surface area contributed by atoms with Gasteiger partial charge in [-0.05, 0) is 31.6 Å². The summed E-state index contributed by atoms with van der Waals surface area (Å²) >= 11 is 0. The molecule has 0 radical (unpaired) electrons. The lowest BCUT2D eigenvalue weighted by molar-refractivity contribution is -0.131. The quantitative estimate of drug-likeness (QED) is 0.773. The fourth-order valence-electron chi connectivity index (χ4n) is 1.39. The Labute approximate surface area is 89.0 Å². The van der Waals surface area contributed by atoms with Crippen molar-refractivity contribution in [2.24, 2.45) is 0 Å². The molecule has 3 nitrogen and oxygen atoms in total. The van der Waals surface area contributed by atoms with Gasteiger partial charge in [0.25, 0.3) is 0 Å². The van der Waals surface area contributed by atoms with Crippen molar-refractivity contribution in [2.45, 2.75) is 13.8 Å². The second-order valence-corrected chi connectivity index (χ2v) is 3.37. The van der Waals surface area contributed by atoms with E-state index >= 15 is 0 Å². The molecule has 1 N–H and O–H groups in total. The van der Waals surface area contributed by atoms with Crippen molar-refractivity contribution in [3.63, 3.8) is 0 Å². The van der Waals surface area contributed by atoms with Crippen molar-refractivity contribution in [1.82, 2.24) is 0 Å². The number of aliphatic carboxylic acids is 1. The number of hydrogen-bond acceptors (Lipinski definition) is 2. The number of benzene rings is 1. The van der Waals surface area contributed by atoms with Gasteiger partial charge >= 0.3 is 5.97 Å². The summed E-state index contributed by atoms with van der Waals surface area (Å²) in [6, 6.07) is 5.67. The summed E-state index contributed by atoms with van der Waals surface area (Å²) in [7, 11) is 1.57. The Balaban J connectivity index is 3.22. The molecule has 0 saturated carbocycles. The van der Waals surface area contributed by atoms with Crippen LogP contribution in [0.2, 0.25) is 0 Å². The number of rotatable bonds is 3. The highest BCUT2D eigenvalue weighted by Gasteiger charge is 2.06. The smallest absolute Gasteiger partial charge is 0.328 e. The van der Waals surface area contributed by atoms with E-state index in [0.29, 0.717) is 11.3 Å². The zero-order valence-electron chi connectivity index (χ0n) is 9.07. The van der Waals surface area contributed by atoms with Crippen molar-refractivity contribution in [3.8, 4) is 5.75 Å². The van der Waals surface area contributed by atoms with Gasteiger partial charge in [0.2, 0.25) is 0 Å². The number of allylic oxidation sites excluding steroid dienone is 1. The zero-order chi connectivity index (χ0) is 11.4. The highest BCUT2D eigenvalue weighted by molar-refractivity contribution is 5.90. The summed E-state index contributed by atoms with van der Waals surface area (Å²) in [6.45, 7) is 3.71. The lowest BCUT2D eigenvalue weighted by atomic mass is 10.0. The van der Waals surface area contributed by atoms with Gasteiger partial charge in [0.15, 0.2) is 0 Å². The van der Waals surface area contributed by atoms with E-state index in [1.54, 1.807) is 14.0 Å². The van der Waals surface area contributed by atoms with Crippen LogP contribution in [0.15, 0.2) is 24.3 Å². The molecule has 0 aliphatic rings. The van der Waals surface area contributed by atoms with Crippen LogP contribution < -0.4 is 4.74 Å². The molecule has 1 aromatic carbocycles. The molecule has 0 atom stereocenters. The highest BCUT2D eigenvalue weighted by Crippen LogP contribution is 2.26. The van der Waals surface area contributed by atoms with Crippen LogP contribution in [0.5, 0.6) is 5.75 Å². The molecule has 0 saturated heterocycles. The van der Waals surface area contributed by atoms with E-state index < -0.39 is 5.97 Å². The van der Waals surface area contributed by atoms with Crippen LogP contribution in [0, 0.1) is 6.92 Å². The van der Waals surface area contributed by atoms with Crippen LogP contribution in [-0.4, -0.2) is 18.2 Å². The van der Waals surface area contributed by atoms with E-state index in [-0.39, 0.29) is 0 Å². The van der Waals surface area contributed by atoms with E-state index in [1.165, 1.54) is 6.08 Å². The van der Waals surface area contributed by atoms with Crippen molar-refractivity contribution in [2.75, 3.05) is 7.11 Å². The summed E-state index contributed by atoms with van der Waals surface area (Å²) in [5.74, 6) is -0.258. The Bertz CT molecular complexity index is 405. The second-order valence-electron chi connectivity index (χ2n) is 3.37. The number of hydrogen-bond donors (Lipinski definition) is 1. The average molecular weight is 206 g/mol. The molecule has 0 heterocycles. The Morgan fingerprint density at radius 2 is 2.13 bits per heavy atom. The van der Waals surface area contributed by atoms with Crippen LogP contribution in [0.1, 0.15) is 18.1 Å². The van der Waals surface area contributed by atoms with Gasteiger partial charge < -0.3 is 9.84 Å². The van der Waals surface area contributed by atoms with Gasteiger partial charge in [-0.2, -0.15) is 0 Å². The number of methoxy groups -OCH3 is 1. The first-order valence-electron chi connectivity index (χ1n) is 4.61. The molecule has 80 valence electrons. The molecule has 0 unspecified atom stereocenters. The third-order valence-corrected chi connectivity index (χ3v) is 2.12. The fraction of sp³-hybridized carbons (Fsp3) is 0.250. The third-order valence-electron chi connectivity index (χ3n) is 2.12. The number of carbonyl (C=O) groups is 1. The van der Waals surface area contributed by atoms with E-state index in [9.17, 15) is 4.79 Å². The Morgan fingerprint density at radius 3 is 2.67 bits per heavy atom. The normalized spacial score (nSPS) is 11.3. The highest BCUT2D eigenvalue weighted by atomic mass is 16.5. The van der Waals surface area contributed by atoms with Gasteiger partial charge in [0.1, 0.15) is 5.75 Å². The van der Waals surface area contributed by atoms with Gasteiger partial charge in [-0.15, -0.1) is 0 Å². The summed E-state index contributed by atoms with van der Waals surface area (Å²) in [4.78, 5) is 10.6. The Hall–Kier alpha value is -1.77. The van der Waals surface area contributed by atoms with Gasteiger partial charge in [0, 0.05) is 11.6 Å². The van der Waals surface area contributed by atoms with E-state index in [1.807, 2.05) is 25.1 Å². The number of carboxylic acid groups (broad SMARTS) is 1. The van der Waals surface area contributed by atoms with Crippen LogP contribution >= 0.6 is 0 Å². The molecule has 15 heavy (non-hydrogen) atoms. The average Bonchev–Trinajstić information content (AvgIpc) is 2.16. The minimum Gasteiger partial charge on any atom is -0.496 e. The van der Waals surface area contributed by atoms with Gasteiger partial charge in [0.05, 0.1) is 7.11 Å². The molecule has 1 aromatic rings. The van der Waals surface area contributed by atoms with E-state index in [2.05, 4.69) is 0 Å². The van der Waals surface area contributed by atoms with Crippen LogP contribution in [0.4, 0.5) is 0 Å². The monoisotopic (exact) mass is 206 g/mol. The summed E-state index contributed by atoms with van der Waals surface area (Å²) in [5.41, 5.74) is 2.58. The SMILES string of the molecule is COc1ccc(C)cc1/C(C)=C/C(=O)O. The van der Waals surface area contributed by atoms with Gasteiger partial charge in [-0.3, -0.25) is 0 Å². The summed E-state index contributed by atoms with van der Waals surface area (Å²) in [5, 5.41) is 8.66. The predicted octanol–water partition coefficient (Wildman–Crippen LogP) is 2.49. The first kappa shape index (κ1) is 11.3. The molecule has 0 bridgehead atoms. The third kappa shape index (κ3) is 2.84. The topological polar surface area (TPSA) is 46.5 Å². The van der Waals surface area contributed by atoms with E-state index in [4.69, 9.17) is 9.84 Å². The minimum atomic E-state index is -0.948. The number of ether oxygens (including phenoxy) is 1. The second kappa shape index (κ2) is 4.64. The molecule has 0 amide bonds. The number of carboxylic acids is 1. The lowest BCUT2D eigenvalue weighted by Gasteiger charge is -2.09. The molecular weight excluding hydrogens is 192 g/mol. The molecule has 0 aromatic heterocycles. The van der Waals surface area contributed by atoms with Gasteiger partial charge in [-0.25, -0.2) is 4.79 Å². The van der Waals surface area contributed by atoms with E-state index in [0.717, 1.165) is 11.1 Å². The molecular formula is C12H14O3. The molecule has 0 aliphatic carbocycles. The summed E-state index contributed by atoms with van der Waals surface area (Å²) in [6.07, 6.45) is 1.18. The fourth-order valence-corrected chi connectivity index (χ4v) is 1.39. The van der Waals surface area contributed by atoms with Gasteiger partial charge in [-0.1, -0.05) is 11.6 Å². The zero-order valence-corrected chi connectivity index (χ0v) is 9.07. The maximum absolute atomic E-state index is 10.6. The summed E-state index contributed by atoms with van der Waals surface area (Å²) < 4.78 is 5.17. The molecule has 0 fully saturated rings. The first-order valence-corrected chi connectivity index (χ1v) is 4.61. The molecule has 0 spiro atoms. The van der Waals surface area contributed by atoms with Crippen molar-refractivity contribution in [1.29, 1.82) is 0 Å². The van der Waals surface area contributed by atoms with Crippen molar-refractivity contribution < 1.29 is 14.6 Å². The first-order chi connectivity index (χ1) is 7.04. The Kier molecular flexibility index (Phi) is 3.50.